The van der Waals surface area contributed by atoms with Crippen LogP contribution in [0.5, 0.6) is 5.75 Å². The molecule has 8 heteroatoms. The fourth-order valence-corrected chi connectivity index (χ4v) is 4.13. The van der Waals surface area contributed by atoms with Crippen molar-refractivity contribution in [2.45, 2.75) is 26.2 Å². The van der Waals surface area contributed by atoms with E-state index in [4.69, 9.17) is 4.74 Å². The number of rotatable bonds is 5. The van der Waals surface area contributed by atoms with Crippen molar-refractivity contribution < 1.29 is 19.2 Å². The summed E-state index contributed by atoms with van der Waals surface area (Å²) in [6.07, 6.45) is 2.95. The average molecular weight is 421 g/mol. The highest BCUT2D eigenvalue weighted by Gasteiger charge is 2.43. The van der Waals surface area contributed by atoms with E-state index < -0.39 is 16.7 Å². The summed E-state index contributed by atoms with van der Waals surface area (Å²) in [5.74, 6) is -0.428. The van der Waals surface area contributed by atoms with Crippen molar-refractivity contribution in [3.05, 3.63) is 69.4 Å². The van der Waals surface area contributed by atoms with Gasteiger partial charge in [0.25, 0.3) is 17.5 Å². The first kappa shape index (κ1) is 20.6. The van der Waals surface area contributed by atoms with E-state index in [1.165, 1.54) is 31.4 Å². The molecule has 2 aromatic rings. The zero-order valence-corrected chi connectivity index (χ0v) is 17.5. The number of anilines is 1. The van der Waals surface area contributed by atoms with Gasteiger partial charge in [-0.05, 0) is 61.6 Å². The van der Waals surface area contributed by atoms with Crippen molar-refractivity contribution in [3.63, 3.8) is 0 Å². The summed E-state index contributed by atoms with van der Waals surface area (Å²) in [6, 6.07) is 11.1. The molecule has 0 unspecified atom stereocenters. The van der Waals surface area contributed by atoms with Crippen molar-refractivity contribution in [2.24, 2.45) is 0 Å². The summed E-state index contributed by atoms with van der Waals surface area (Å²) in [7, 11) is 1.50. The Hall–Kier alpha value is -3.68. The number of imide groups is 1. The highest BCUT2D eigenvalue weighted by atomic mass is 16.6. The highest BCUT2D eigenvalue weighted by Crippen LogP contribution is 2.39. The summed E-state index contributed by atoms with van der Waals surface area (Å²) >= 11 is 0. The lowest BCUT2D eigenvalue weighted by molar-refractivity contribution is -0.384. The van der Waals surface area contributed by atoms with E-state index in [2.05, 4.69) is 0 Å². The number of methoxy groups -OCH3 is 1. The maximum absolute atomic E-state index is 13.6. The van der Waals surface area contributed by atoms with Crippen LogP contribution < -0.4 is 9.64 Å². The van der Waals surface area contributed by atoms with Gasteiger partial charge in [0.2, 0.25) is 0 Å². The van der Waals surface area contributed by atoms with Gasteiger partial charge < -0.3 is 9.64 Å². The number of likely N-dealkylation sites (tertiary alicyclic amines) is 1. The molecule has 0 aromatic heterocycles. The summed E-state index contributed by atoms with van der Waals surface area (Å²) in [5, 5.41) is 11.0. The van der Waals surface area contributed by atoms with E-state index in [-0.39, 0.29) is 11.3 Å². The van der Waals surface area contributed by atoms with Gasteiger partial charge in [-0.25, -0.2) is 4.90 Å². The van der Waals surface area contributed by atoms with E-state index in [1.54, 1.807) is 12.1 Å². The van der Waals surface area contributed by atoms with Crippen LogP contribution in [0.1, 0.15) is 30.4 Å². The van der Waals surface area contributed by atoms with Crippen LogP contribution in [0.15, 0.2) is 48.2 Å². The Kier molecular flexibility index (Phi) is 5.46. The van der Waals surface area contributed by atoms with Gasteiger partial charge in [-0.2, -0.15) is 0 Å². The van der Waals surface area contributed by atoms with Crippen molar-refractivity contribution in [2.75, 3.05) is 25.1 Å². The topological polar surface area (TPSA) is 93.0 Å². The SMILES string of the molecule is COc1ccc(C)cc1N1C(=O)C(c2ccc([N+](=O)[O-])cc2)=C(N2CCCCC2)C1=O. The van der Waals surface area contributed by atoms with Gasteiger partial charge in [0.1, 0.15) is 11.4 Å². The molecule has 0 saturated carbocycles. The number of hydrogen-bond donors (Lipinski definition) is 0. The number of aryl methyl sites for hydroxylation is 1. The Morgan fingerprint density at radius 1 is 0.968 bits per heavy atom. The normalized spacial score (nSPS) is 16.8. The highest BCUT2D eigenvalue weighted by molar-refractivity contribution is 6.45. The first-order valence-corrected chi connectivity index (χ1v) is 10.2. The molecule has 0 radical (unpaired) electrons. The molecule has 2 aliphatic rings. The largest absolute Gasteiger partial charge is 0.495 e. The third kappa shape index (κ3) is 3.65. The molecule has 4 rings (SSSR count). The first-order valence-electron chi connectivity index (χ1n) is 10.2. The number of non-ortho nitro benzene ring substituents is 1. The second kappa shape index (κ2) is 8.22. The molecule has 0 spiro atoms. The van der Waals surface area contributed by atoms with E-state index in [0.29, 0.717) is 35.8 Å². The van der Waals surface area contributed by atoms with Crippen LogP contribution in [-0.2, 0) is 9.59 Å². The molecule has 2 aliphatic heterocycles. The lowest BCUT2D eigenvalue weighted by Gasteiger charge is -2.29. The average Bonchev–Trinajstić information content (AvgIpc) is 3.04. The number of carbonyl (C=O) groups excluding carboxylic acids is 2. The van der Waals surface area contributed by atoms with Gasteiger partial charge in [-0.15, -0.1) is 0 Å². The molecule has 0 atom stereocenters. The summed E-state index contributed by atoms with van der Waals surface area (Å²) in [4.78, 5) is 40.9. The van der Waals surface area contributed by atoms with E-state index in [9.17, 15) is 19.7 Å². The predicted octanol–water partition coefficient (Wildman–Crippen LogP) is 3.68. The molecular weight excluding hydrogens is 398 g/mol. The molecule has 0 bridgehead atoms. The molecule has 31 heavy (non-hydrogen) atoms. The predicted molar refractivity (Wildman–Crippen MR) is 116 cm³/mol. The monoisotopic (exact) mass is 421 g/mol. The second-order valence-corrected chi connectivity index (χ2v) is 7.70. The third-order valence-electron chi connectivity index (χ3n) is 5.67. The maximum atomic E-state index is 13.6. The lowest BCUT2D eigenvalue weighted by Crippen LogP contribution is -2.37. The van der Waals surface area contributed by atoms with Gasteiger partial charge in [0, 0.05) is 25.2 Å². The van der Waals surface area contributed by atoms with Crippen LogP contribution in [0.25, 0.3) is 5.57 Å². The fourth-order valence-electron chi connectivity index (χ4n) is 4.13. The summed E-state index contributed by atoms with van der Waals surface area (Å²) in [6.45, 7) is 3.25. The summed E-state index contributed by atoms with van der Waals surface area (Å²) < 4.78 is 5.42. The molecule has 2 amide bonds. The van der Waals surface area contributed by atoms with Crippen LogP contribution in [0.4, 0.5) is 11.4 Å². The molecule has 1 saturated heterocycles. The number of ether oxygens (including phenoxy) is 1. The van der Waals surface area contributed by atoms with E-state index in [0.717, 1.165) is 29.7 Å². The van der Waals surface area contributed by atoms with Crippen LogP contribution in [0.3, 0.4) is 0 Å². The Morgan fingerprint density at radius 3 is 2.26 bits per heavy atom. The van der Waals surface area contributed by atoms with Crippen LogP contribution >= 0.6 is 0 Å². The van der Waals surface area contributed by atoms with Gasteiger partial charge in [-0.1, -0.05) is 6.07 Å². The Labute approximate surface area is 179 Å². The maximum Gasteiger partial charge on any atom is 0.282 e. The molecule has 160 valence electrons. The molecule has 0 N–H and O–H groups in total. The summed E-state index contributed by atoms with van der Waals surface area (Å²) in [5.41, 5.74) is 2.31. The van der Waals surface area contributed by atoms with Gasteiger partial charge in [0.15, 0.2) is 0 Å². The number of benzene rings is 2. The minimum Gasteiger partial charge on any atom is -0.495 e. The van der Waals surface area contributed by atoms with Crippen LogP contribution in [-0.4, -0.2) is 41.8 Å². The van der Waals surface area contributed by atoms with E-state index in [1.807, 2.05) is 17.9 Å². The first-order chi connectivity index (χ1) is 14.9. The van der Waals surface area contributed by atoms with Crippen molar-refractivity contribution >= 4 is 28.8 Å². The standard InChI is InChI=1S/C23H23N3O5/c1-15-6-11-19(31-2)18(14-15)25-22(27)20(16-7-9-17(10-8-16)26(29)30)21(23(25)28)24-12-4-3-5-13-24/h6-11,14H,3-5,12-13H2,1-2H3. The zero-order chi connectivity index (χ0) is 22.1. The molecular formula is C23H23N3O5. The van der Waals surface area contributed by atoms with E-state index >= 15 is 0 Å². The number of nitro groups is 1. The number of hydrogen-bond acceptors (Lipinski definition) is 6. The Balaban J connectivity index is 1.85. The van der Waals surface area contributed by atoms with Crippen LogP contribution in [0, 0.1) is 17.0 Å². The minimum atomic E-state index is -0.491. The molecule has 2 heterocycles. The number of piperidine rings is 1. The van der Waals surface area contributed by atoms with Gasteiger partial charge >= 0.3 is 0 Å². The van der Waals surface area contributed by atoms with Crippen molar-refractivity contribution in [1.29, 1.82) is 0 Å². The smallest absolute Gasteiger partial charge is 0.282 e. The quantitative estimate of drug-likeness (QED) is 0.415. The van der Waals surface area contributed by atoms with Crippen molar-refractivity contribution in [3.8, 4) is 5.75 Å². The number of carbonyl (C=O) groups is 2. The molecule has 2 aromatic carbocycles. The van der Waals surface area contributed by atoms with Gasteiger partial charge in [0.05, 0.1) is 23.3 Å². The number of amides is 2. The fraction of sp³-hybridized carbons (Fsp3) is 0.304. The Bertz CT molecular complexity index is 1080. The van der Waals surface area contributed by atoms with Crippen molar-refractivity contribution in [1.82, 2.24) is 4.90 Å². The second-order valence-electron chi connectivity index (χ2n) is 7.70. The minimum absolute atomic E-state index is 0.0714. The van der Waals surface area contributed by atoms with Crippen LogP contribution in [0.2, 0.25) is 0 Å². The zero-order valence-electron chi connectivity index (χ0n) is 17.5. The number of nitro benzene ring substituents is 1. The van der Waals surface area contributed by atoms with Gasteiger partial charge in [-0.3, -0.25) is 19.7 Å². The molecule has 8 nitrogen and oxygen atoms in total. The number of nitrogens with zero attached hydrogens (tertiary/aromatic N) is 3. The third-order valence-corrected chi connectivity index (χ3v) is 5.67. The lowest BCUT2D eigenvalue weighted by atomic mass is 10.0. The molecule has 1 fully saturated rings. The molecule has 0 aliphatic carbocycles. The Morgan fingerprint density at radius 2 is 1.65 bits per heavy atom.